The minimum Gasteiger partial charge on any atom is -0.320 e. The van der Waals surface area contributed by atoms with Gasteiger partial charge in [0, 0.05) is 18.0 Å². The summed E-state index contributed by atoms with van der Waals surface area (Å²) in [4.78, 5) is 21.2. The van der Waals surface area contributed by atoms with Crippen molar-refractivity contribution in [3.05, 3.63) is 85.3 Å². The van der Waals surface area contributed by atoms with Gasteiger partial charge in [0.1, 0.15) is 18.3 Å². The van der Waals surface area contributed by atoms with E-state index in [1.807, 2.05) is 59.3 Å². The monoisotopic (exact) mass is 382 g/mol. The van der Waals surface area contributed by atoms with Crippen molar-refractivity contribution in [2.45, 2.75) is 0 Å². The highest BCUT2D eigenvalue weighted by atomic mass is 16.1. The van der Waals surface area contributed by atoms with Crippen molar-refractivity contribution < 1.29 is 4.79 Å². The highest BCUT2D eigenvalue weighted by Crippen LogP contribution is 2.27. The molecule has 0 aliphatic carbocycles. The number of nitrogens with one attached hydrogen (secondary N) is 1. The molecule has 0 bridgehead atoms. The SMILES string of the molecule is O=C(Nc1ccccc1-c1cn2ccccc2n1)c1ccc(-n2cncn2)nn1. The minimum atomic E-state index is -0.362. The number of pyridine rings is 1. The van der Waals surface area contributed by atoms with Gasteiger partial charge in [0.05, 0.1) is 11.4 Å². The summed E-state index contributed by atoms with van der Waals surface area (Å²) in [7, 11) is 0. The molecule has 5 aromatic rings. The van der Waals surface area contributed by atoms with Crippen LogP contribution in [0.2, 0.25) is 0 Å². The maximum absolute atomic E-state index is 12.7. The number of nitrogens with zero attached hydrogens (tertiary/aromatic N) is 7. The lowest BCUT2D eigenvalue weighted by molar-refractivity contribution is 0.102. The van der Waals surface area contributed by atoms with E-state index < -0.39 is 0 Å². The fraction of sp³-hybridized carbons (Fsp3) is 0. The largest absolute Gasteiger partial charge is 0.320 e. The Morgan fingerprint density at radius 3 is 2.66 bits per heavy atom. The normalized spacial score (nSPS) is 10.9. The maximum atomic E-state index is 12.7. The van der Waals surface area contributed by atoms with E-state index in [9.17, 15) is 4.79 Å². The Labute approximate surface area is 164 Å². The molecule has 0 saturated carbocycles. The van der Waals surface area contributed by atoms with Gasteiger partial charge in [-0.25, -0.2) is 14.6 Å². The first-order valence-corrected chi connectivity index (χ1v) is 8.81. The Kier molecular flexibility index (Phi) is 4.02. The van der Waals surface area contributed by atoms with E-state index >= 15 is 0 Å². The lowest BCUT2D eigenvalue weighted by atomic mass is 10.1. The maximum Gasteiger partial charge on any atom is 0.276 e. The van der Waals surface area contributed by atoms with Gasteiger partial charge in [-0.1, -0.05) is 24.3 Å². The lowest BCUT2D eigenvalue weighted by Crippen LogP contribution is -2.15. The molecule has 0 radical (unpaired) electrons. The molecule has 5 rings (SSSR count). The average Bonchev–Trinajstić information content (AvgIpc) is 3.44. The number of anilines is 1. The number of fused-ring (bicyclic) bond motifs is 1. The third-order valence-electron chi connectivity index (χ3n) is 4.35. The van der Waals surface area contributed by atoms with Gasteiger partial charge < -0.3 is 9.72 Å². The molecular weight excluding hydrogens is 368 g/mol. The molecular formula is C20H14N8O. The van der Waals surface area contributed by atoms with Gasteiger partial charge in [0.15, 0.2) is 11.5 Å². The van der Waals surface area contributed by atoms with Crippen LogP contribution in [0, 0.1) is 0 Å². The van der Waals surface area contributed by atoms with Crippen LogP contribution in [0.4, 0.5) is 5.69 Å². The molecule has 0 spiro atoms. The van der Waals surface area contributed by atoms with Crippen molar-refractivity contribution in [2.75, 3.05) is 5.32 Å². The predicted octanol–water partition coefficient (Wildman–Crippen LogP) is 2.62. The number of aromatic nitrogens is 7. The van der Waals surface area contributed by atoms with E-state index in [0.29, 0.717) is 11.5 Å². The van der Waals surface area contributed by atoms with Gasteiger partial charge in [-0.15, -0.1) is 10.2 Å². The topological polar surface area (TPSA) is 103 Å². The minimum absolute atomic E-state index is 0.193. The second kappa shape index (κ2) is 6.97. The van der Waals surface area contributed by atoms with Gasteiger partial charge in [-0.3, -0.25) is 4.79 Å². The molecule has 0 atom stereocenters. The molecule has 0 aliphatic rings. The summed E-state index contributed by atoms with van der Waals surface area (Å²) in [6.07, 6.45) is 6.76. The molecule has 0 unspecified atom stereocenters. The molecule has 29 heavy (non-hydrogen) atoms. The van der Waals surface area contributed by atoms with Gasteiger partial charge in [0.2, 0.25) is 0 Å². The number of carbonyl (C=O) groups is 1. The van der Waals surface area contributed by atoms with E-state index in [2.05, 4.69) is 30.6 Å². The molecule has 1 N–H and O–H groups in total. The van der Waals surface area contributed by atoms with E-state index in [0.717, 1.165) is 16.9 Å². The molecule has 1 amide bonds. The van der Waals surface area contributed by atoms with Crippen molar-refractivity contribution in [3.63, 3.8) is 0 Å². The van der Waals surface area contributed by atoms with Crippen LogP contribution in [0.1, 0.15) is 10.5 Å². The third kappa shape index (κ3) is 3.21. The van der Waals surface area contributed by atoms with Crippen LogP contribution in [0.3, 0.4) is 0 Å². The number of rotatable bonds is 4. The number of amides is 1. The number of benzene rings is 1. The quantitative estimate of drug-likeness (QED) is 0.513. The summed E-state index contributed by atoms with van der Waals surface area (Å²) < 4.78 is 3.40. The van der Waals surface area contributed by atoms with Crippen molar-refractivity contribution in [2.24, 2.45) is 0 Å². The van der Waals surface area contributed by atoms with Crippen molar-refractivity contribution in [3.8, 4) is 17.1 Å². The summed E-state index contributed by atoms with van der Waals surface area (Å²) in [6, 6.07) is 16.5. The first-order chi connectivity index (χ1) is 14.3. The molecule has 0 aliphatic heterocycles. The smallest absolute Gasteiger partial charge is 0.276 e. The zero-order valence-corrected chi connectivity index (χ0v) is 15.0. The molecule has 4 aromatic heterocycles. The van der Waals surface area contributed by atoms with Crippen LogP contribution in [0.25, 0.3) is 22.7 Å². The molecule has 0 fully saturated rings. The van der Waals surface area contributed by atoms with Crippen LogP contribution in [-0.2, 0) is 0 Å². The predicted molar refractivity (Wildman–Crippen MR) is 106 cm³/mol. The molecule has 1 aromatic carbocycles. The summed E-state index contributed by atoms with van der Waals surface area (Å²) in [5.74, 6) is 0.114. The first kappa shape index (κ1) is 16.8. The number of hydrogen-bond donors (Lipinski definition) is 1. The lowest BCUT2D eigenvalue weighted by Gasteiger charge is -2.09. The second-order valence-corrected chi connectivity index (χ2v) is 6.21. The van der Waals surface area contributed by atoms with Gasteiger partial charge >= 0.3 is 0 Å². The Balaban J connectivity index is 1.42. The fourth-order valence-corrected chi connectivity index (χ4v) is 2.96. The molecule has 4 heterocycles. The van der Waals surface area contributed by atoms with Gasteiger partial charge in [-0.2, -0.15) is 5.10 Å². The zero-order valence-electron chi connectivity index (χ0n) is 15.0. The number of carbonyl (C=O) groups excluding carboxylic acids is 1. The second-order valence-electron chi connectivity index (χ2n) is 6.21. The standard InChI is InChI=1S/C20H14N8O/c29-20(16-8-9-19(26-25-16)28-13-21-12-22-28)24-15-6-2-1-5-14(15)17-11-27-10-4-3-7-18(27)23-17/h1-13H,(H,24,29). The van der Waals surface area contributed by atoms with Crippen molar-refractivity contribution in [1.82, 2.24) is 34.3 Å². The Hall–Kier alpha value is -4.40. The van der Waals surface area contributed by atoms with E-state index in [1.54, 1.807) is 12.1 Å². The summed E-state index contributed by atoms with van der Waals surface area (Å²) in [5, 5.41) is 14.9. The highest BCUT2D eigenvalue weighted by Gasteiger charge is 2.14. The molecule has 0 saturated heterocycles. The van der Waals surface area contributed by atoms with E-state index in [4.69, 9.17) is 0 Å². The number of para-hydroxylation sites is 1. The Morgan fingerprint density at radius 2 is 1.86 bits per heavy atom. The zero-order chi connectivity index (χ0) is 19.6. The van der Waals surface area contributed by atoms with Crippen molar-refractivity contribution >= 4 is 17.2 Å². The van der Waals surface area contributed by atoms with Crippen LogP contribution in [-0.4, -0.2) is 40.3 Å². The van der Waals surface area contributed by atoms with Crippen molar-refractivity contribution in [1.29, 1.82) is 0 Å². The number of imidazole rings is 1. The van der Waals surface area contributed by atoms with Crippen LogP contribution in [0.15, 0.2) is 79.6 Å². The summed E-state index contributed by atoms with van der Waals surface area (Å²) in [5.41, 5.74) is 3.25. The molecule has 9 nitrogen and oxygen atoms in total. The first-order valence-electron chi connectivity index (χ1n) is 8.81. The summed E-state index contributed by atoms with van der Waals surface area (Å²) in [6.45, 7) is 0. The molecule has 140 valence electrons. The van der Waals surface area contributed by atoms with Gasteiger partial charge in [0.25, 0.3) is 5.91 Å². The average molecular weight is 382 g/mol. The highest BCUT2D eigenvalue weighted by molar-refractivity contribution is 6.04. The van der Waals surface area contributed by atoms with Crippen LogP contribution in [0.5, 0.6) is 0 Å². The third-order valence-corrected chi connectivity index (χ3v) is 4.35. The van der Waals surface area contributed by atoms with Gasteiger partial charge in [-0.05, 0) is 30.3 Å². The van der Waals surface area contributed by atoms with E-state index in [1.165, 1.54) is 17.3 Å². The van der Waals surface area contributed by atoms with Crippen LogP contribution < -0.4 is 5.32 Å². The number of hydrogen-bond acceptors (Lipinski definition) is 6. The summed E-state index contributed by atoms with van der Waals surface area (Å²) >= 11 is 0. The molecule has 9 heteroatoms. The Morgan fingerprint density at radius 1 is 0.966 bits per heavy atom. The van der Waals surface area contributed by atoms with Crippen LogP contribution >= 0.6 is 0 Å². The Bertz CT molecular complexity index is 1260. The fourth-order valence-electron chi connectivity index (χ4n) is 2.96. The van der Waals surface area contributed by atoms with E-state index in [-0.39, 0.29) is 11.6 Å².